The van der Waals surface area contributed by atoms with Crippen LogP contribution in [-0.4, -0.2) is 32.8 Å². The van der Waals surface area contributed by atoms with Gasteiger partial charge in [-0.2, -0.15) is 0 Å². The van der Waals surface area contributed by atoms with Gasteiger partial charge in [0.25, 0.3) is 5.91 Å². The Balaban J connectivity index is 1.37. The molecule has 0 spiro atoms. The molecule has 1 atom stereocenters. The molecular formula is C27H24N4O2. The summed E-state index contributed by atoms with van der Waals surface area (Å²) in [6.07, 6.45) is 0.159. The number of nitrogens with one attached hydrogen (secondary N) is 1. The van der Waals surface area contributed by atoms with Crippen molar-refractivity contribution in [1.29, 1.82) is 0 Å². The summed E-state index contributed by atoms with van der Waals surface area (Å²) in [6.45, 7) is 4.32. The highest BCUT2D eigenvalue weighted by Gasteiger charge is 2.31. The van der Waals surface area contributed by atoms with Crippen LogP contribution in [0.25, 0.3) is 16.7 Å². The number of hydrogen-bond acceptors (Lipinski definition) is 3. The smallest absolute Gasteiger partial charge is 0.258 e. The summed E-state index contributed by atoms with van der Waals surface area (Å²) < 4.78 is 2.01. The number of carbonyl (C=O) groups is 2. The van der Waals surface area contributed by atoms with Crippen LogP contribution in [-0.2, 0) is 11.8 Å². The van der Waals surface area contributed by atoms with Gasteiger partial charge >= 0.3 is 0 Å². The molecule has 33 heavy (non-hydrogen) atoms. The van der Waals surface area contributed by atoms with Crippen molar-refractivity contribution in [2.24, 2.45) is 7.05 Å². The third kappa shape index (κ3) is 3.69. The lowest BCUT2D eigenvalue weighted by molar-refractivity contribution is -0.121. The second-order valence-electron chi connectivity index (χ2n) is 8.13. The third-order valence-corrected chi connectivity index (χ3v) is 6.12. The molecule has 164 valence electrons. The molecule has 4 aromatic rings. The van der Waals surface area contributed by atoms with E-state index in [9.17, 15) is 9.59 Å². The highest BCUT2D eigenvalue weighted by atomic mass is 16.2. The number of hydrogen-bond donors (Lipinski definition) is 1. The van der Waals surface area contributed by atoms with Crippen LogP contribution in [0.1, 0.15) is 39.8 Å². The summed E-state index contributed by atoms with van der Waals surface area (Å²) in [7, 11) is 1.96. The molecule has 1 N–H and O–H groups in total. The number of rotatable bonds is 6. The lowest BCUT2D eigenvalue weighted by Gasteiger charge is -2.21. The Kier molecular flexibility index (Phi) is 5.26. The van der Waals surface area contributed by atoms with Gasteiger partial charge in [-0.15, -0.1) is 0 Å². The van der Waals surface area contributed by atoms with E-state index in [0.717, 1.165) is 28.0 Å². The van der Waals surface area contributed by atoms with E-state index in [0.29, 0.717) is 11.3 Å². The van der Waals surface area contributed by atoms with E-state index >= 15 is 0 Å². The molecule has 1 aliphatic rings. The van der Waals surface area contributed by atoms with E-state index in [2.05, 4.69) is 11.9 Å². The molecule has 6 nitrogen and oxygen atoms in total. The number of carbonyl (C=O) groups excluding carboxylic acids is 2. The largest absolute Gasteiger partial charge is 0.342 e. The van der Waals surface area contributed by atoms with E-state index in [4.69, 9.17) is 4.98 Å². The summed E-state index contributed by atoms with van der Waals surface area (Å²) in [6, 6.07) is 24.7. The van der Waals surface area contributed by atoms with Gasteiger partial charge in [0.05, 0.1) is 11.0 Å². The molecule has 0 saturated heterocycles. The average Bonchev–Trinajstić information content (AvgIpc) is 3.31. The quantitative estimate of drug-likeness (QED) is 0.490. The van der Waals surface area contributed by atoms with Crippen molar-refractivity contribution in [3.8, 4) is 0 Å². The maximum absolute atomic E-state index is 13.1. The summed E-state index contributed by atoms with van der Waals surface area (Å²) in [4.78, 5) is 32.2. The molecule has 2 heterocycles. The molecule has 1 aromatic heterocycles. The number of aryl methyl sites for hydroxylation is 1. The maximum atomic E-state index is 13.1. The first-order valence-corrected chi connectivity index (χ1v) is 10.9. The van der Waals surface area contributed by atoms with Gasteiger partial charge in [-0.3, -0.25) is 9.59 Å². The fourth-order valence-electron chi connectivity index (χ4n) is 4.38. The number of aromatic nitrogens is 2. The summed E-state index contributed by atoms with van der Waals surface area (Å²) >= 11 is 0. The summed E-state index contributed by atoms with van der Waals surface area (Å²) in [5, 5.41) is 3.14. The van der Waals surface area contributed by atoms with Crippen LogP contribution < -0.4 is 5.32 Å². The number of amides is 2. The normalized spacial score (nSPS) is 13.9. The minimum absolute atomic E-state index is 0.113. The van der Waals surface area contributed by atoms with Crippen LogP contribution in [0.4, 0.5) is 0 Å². The van der Waals surface area contributed by atoms with Crippen molar-refractivity contribution in [2.75, 3.05) is 6.54 Å². The van der Waals surface area contributed by atoms with Crippen molar-refractivity contribution in [2.45, 2.75) is 12.5 Å². The average molecular weight is 437 g/mol. The van der Waals surface area contributed by atoms with Crippen molar-refractivity contribution in [3.63, 3.8) is 0 Å². The van der Waals surface area contributed by atoms with Crippen LogP contribution in [0.15, 0.2) is 85.4 Å². The molecule has 2 amide bonds. The molecule has 0 aliphatic carbocycles. The lowest BCUT2D eigenvalue weighted by atomic mass is 10.1. The van der Waals surface area contributed by atoms with Crippen molar-refractivity contribution >= 4 is 28.5 Å². The summed E-state index contributed by atoms with van der Waals surface area (Å²) in [5.74, 6) is 0.482. The third-order valence-electron chi connectivity index (χ3n) is 6.12. The Morgan fingerprint density at radius 1 is 0.970 bits per heavy atom. The van der Waals surface area contributed by atoms with Crippen LogP contribution in [0.3, 0.4) is 0 Å². The number of imidazole rings is 1. The second-order valence-corrected chi connectivity index (χ2v) is 8.13. The zero-order valence-electron chi connectivity index (χ0n) is 18.4. The Labute approximate surface area is 192 Å². The Morgan fingerprint density at radius 2 is 1.64 bits per heavy atom. The zero-order valence-corrected chi connectivity index (χ0v) is 18.4. The molecule has 3 aromatic carbocycles. The predicted molar refractivity (Wildman–Crippen MR) is 128 cm³/mol. The predicted octanol–water partition coefficient (Wildman–Crippen LogP) is 4.30. The van der Waals surface area contributed by atoms with Crippen molar-refractivity contribution in [3.05, 3.63) is 108 Å². The second kappa shape index (κ2) is 8.39. The molecule has 6 heteroatoms. The van der Waals surface area contributed by atoms with E-state index in [-0.39, 0.29) is 24.8 Å². The topological polar surface area (TPSA) is 67.2 Å². The molecular weight excluding hydrogens is 412 g/mol. The van der Waals surface area contributed by atoms with Gasteiger partial charge < -0.3 is 14.8 Å². The summed E-state index contributed by atoms with van der Waals surface area (Å²) in [5.41, 5.74) is 4.91. The van der Waals surface area contributed by atoms with Crippen LogP contribution >= 0.6 is 0 Å². The molecule has 0 fully saturated rings. The minimum Gasteiger partial charge on any atom is -0.342 e. The van der Waals surface area contributed by atoms with E-state index in [1.807, 2.05) is 84.4 Å². The van der Waals surface area contributed by atoms with Crippen LogP contribution in [0.2, 0.25) is 0 Å². The van der Waals surface area contributed by atoms with Crippen LogP contribution in [0.5, 0.6) is 0 Å². The number of para-hydroxylation sites is 2. The number of fused-ring (bicyclic) bond motifs is 2. The van der Waals surface area contributed by atoms with Gasteiger partial charge in [0, 0.05) is 36.8 Å². The molecule has 1 unspecified atom stereocenters. The first kappa shape index (κ1) is 20.7. The fourth-order valence-corrected chi connectivity index (χ4v) is 4.38. The van der Waals surface area contributed by atoms with Gasteiger partial charge in [0.2, 0.25) is 5.91 Å². The monoisotopic (exact) mass is 436 g/mol. The molecule has 5 rings (SSSR count). The van der Waals surface area contributed by atoms with Crippen LogP contribution in [0, 0.1) is 0 Å². The van der Waals surface area contributed by atoms with Gasteiger partial charge in [-0.25, -0.2) is 4.98 Å². The fraction of sp³-hybridized carbons (Fsp3) is 0.148. The SMILES string of the molecule is C=C1c2ccccc2C(=O)N1CCC(=O)NC(c1ccccc1)c1nc2ccccc2n1C. The van der Waals surface area contributed by atoms with Gasteiger partial charge in [0.15, 0.2) is 0 Å². The molecule has 0 bridgehead atoms. The first-order chi connectivity index (χ1) is 16.0. The standard InChI is InChI=1S/C27H24N4O2/c1-18-20-12-6-7-13-21(20)27(33)31(18)17-16-24(32)29-25(19-10-4-3-5-11-19)26-28-22-14-8-9-15-23(22)30(26)2/h3-15,25H,1,16-17H2,2H3,(H,29,32). The molecule has 1 aliphatic heterocycles. The van der Waals surface area contributed by atoms with Gasteiger partial charge in [-0.1, -0.05) is 67.2 Å². The van der Waals surface area contributed by atoms with E-state index in [1.165, 1.54) is 0 Å². The highest BCUT2D eigenvalue weighted by Crippen LogP contribution is 2.31. The lowest BCUT2D eigenvalue weighted by Crippen LogP contribution is -2.34. The van der Waals surface area contributed by atoms with Gasteiger partial charge in [0.1, 0.15) is 11.9 Å². The van der Waals surface area contributed by atoms with E-state index in [1.54, 1.807) is 11.0 Å². The first-order valence-electron chi connectivity index (χ1n) is 10.9. The van der Waals surface area contributed by atoms with Crippen molar-refractivity contribution in [1.82, 2.24) is 19.8 Å². The number of nitrogens with zero attached hydrogens (tertiary/aromatic N) is 3. The minimum atomic E-state index is -0.411. The Morgan fingerprint density at radius 3 is 2.36 bits per heavy atom. The Hall–Kier alpha value is -4.19. The van der Waals surface area contributed by atoms with Gasteiger partial charge in [-0.05, 0) is 23.8 Å². The zero-order chi connectivity index (χ0) is 22.9. The van der Waals surface area contributed by atoms with Crippen molar-refractivity contribution < 1.29 is 9.59 Å². The highest BCUT2D eigenvalue weighted by molar-refractivity contribution is 6.08. The number of benzene rings is 3. The maximum Gasteiger partial charge on any atom is 0.258 e. The molecule has 0 radical (unpaired) electrons. The van der Waals surface area contributed by atoms with E-state index < -0.39 is 6.04 Å². The molecule has 0 saturated carbocycles. The Bertz CT molecular complexity index is 1340.